The predicted molar refractivity (Wildman–Crippen MR) is 82.2 cm³/mol. The molecule has 4 heteroatoms. The highest BCUT2D eigenvalue weighted by Crippen LogP contribution is 2.29. The largest absolute Gasteiger partial charge is 0.353 e. The molecule has 0 radical (unpaired) electrons. The molecular weight excluding hydrogens is 267 g/mol. The molecule has 1 aromatic rings. The average Bonchev–Trinajstić information content (AvgIpc) is 2.49. The Labute approximate surface area is 126 Å². The Kier molecular flexibility index (Phi) is 5.74. The highest BCUT2D eigenvalue weighted by atomic mass is 19.1. The fraction of sp³-hybridized carbons (Fsp3) is 0.588. The van der Waals surface area contributed by atoms with Gasteiger partial charge in [-0.2, -0.15) is 0 Å². The van der Waals surface area contributed by atoms with E-state index in [4.69, 9.17) is 5.73 Å². The van der Waals surface area contributed by atoms with Crippen molar-refractivity contribution in [1.29, 1.82) is 0 Å². The first-order valence-electron chi connectivity index (χ1n) is 7.85. The maximum Gasteiger partial charge on any atom is 0.223 e. The summed E-state index contributed by atoms with van der Waals surface area (Å²) in [5.41, 5.74) is 6.82. The maximum atomic E-state index is 12.9. The maximum absolute atomic E-state index is 12.9. The molecule has 2 rings (SSSR count). The molecule has 1 aliphatic rings. The highest BCUT2D eigenvalue weighted by Gasteiger charge is 2.30. The Morgan fingerprint density at radius 1 is 1.33 bits per heavy atom. The van der Waals surface area contributed by atoms with Crippen LogP contribution in [0.5, 0.6) is 0 Å². The van der Waals surface area contributed by atoms with Gasteiger partial charge in [-0.05, 0) is 56.3 Å². The van der Waals surface area contributed by atoms with Crippen LogP contribution in [0, 0.1) is 17.7 Å². The van der Waals surface area contributed by atoms with Crippen molar-refractivity contribution in [2.24, 2.45) is 17.6 Å². The molecule has 1 aliphatic carbocycles. The topological polar surface area (TPSA) is 55.1 Å². The fourth-order valence-corrected chi connectivity index (χ4v) is 3.21. The van der Waals surface area contributed by atoms with Crippen LogP contribution < -0.4 is 11.1 Å². The molecule has 0 heterocycles. The summed E-state index contributed by atoms with van der Waals surface area (Å²) in [6.07, 6.45) is 5.00. The first kappa shape index (κ1) is 16.0. The molecule has 1 fully saturated rings. The molecule has 1 amide bonds. The third kappa shape index (κ3) is 4.53. The Hall–Kier alpha value is -1.42. The lowest BCUT2D eigenvalue weighted by molar-refractivity contribution is -0.128. The molecule has 0 bridgehead atoms. The van der Waals surface area contributed by atoms with E-state index < -0.39 is 0 Å². The Morgan fingerprint density at radius 3 is 2.67 bits per heavy atom. The quantitative estimate of drug-likeness (QED) is 0.876. The molecule has 116 valence electrons. The summed E-state index contributed by atoms with van der Waals surface area (Å²) in [5, 5.41) is 3.09. The second-order valence-corrected chi connectivity index (χ2v) is 6.13. The smallest absolute Gasteiger partial charge is 0.223 e. The van der Waals surface area contributed by atoms with Crippen molar-refractivity contribution in [2.75, 3.05) is 6.54 Å². The van der Waals surface area contributed by atoms with Crippen LogP contribution in [-0.4, -0.2) is 18.5 Å². The van der Waals surface area contributed by atoms with Crippen LogP contribution in [0.4, 0.5) is 4.39 Å². The van der Waals surface area contributed by atoms with Crippen molar-refractivity contribution in [1.82, 2.24) is 5.32 Å². The molecule has 3 N–H and O–H groups in total. The Morgan fingerprint density at radius 2 is 2.00 bits per heavy atom. The van der Waals surface area contributed by atoms with E-state index in [-0.39, 0.29) is 23.7 Å². The van der Waals surface area contributed by atoms with Crippen molar-refractivity contribution in [3.8, 4) is 0 Å². The van der Waals surface area contributed by atoms with Gasteiger partial charge in [-0.3, -0.25) is 4.79 Å². The van der Waals surface area contributed by atoms with E-state index in [0.29, 0.717) is 18.9 Å². The van der Waals surface area contributed by atoms with Crippen molar-refractivity contribution >= 4 is 5.91 Å². The number of hydrogen-bond acceptors (Lipinski definition) is 2. The molecule has 3 atom stereocenters. The normalized spacial score (nSPS) is 23.6. The van der Waals surface area contributed by atoms with E-state index in [1.807, 2.05) is 6.92 Å². The van der Waals surface area contributed by atoms with Gasteiger partial charge in [0, 0.05) is 12.0 Å². The molecule has 1 saturated carbocycles. The second kappa shape index (κ2) is 7.55. The minimum Gasteiger partial charge on any atom is -0.353 e. The van der Waals surface area contributed by atoms with Gasteiger partial charge >= 0.3 is 0 Å². The summed E-state index contributed by atoms with van der Waals surface area (Å²) >= 11 is 0. The summed E-state index contributed by atoms with van der Waals surface area (Å²) < 4.78 is 12.9. The van der Waals surface area contributed by atoms with Crippen LogP contribution in [0.1, 0.15) is 38.2 Å². The lowest BCUT2D eigenvalue weighted by Gasteiger charge is -2.30. The molecule has 0 aromatic heterocycles. The van der Waals surface area contributed by atoms with Gasteiger partial charge in [0.15, 0.2) is 0 Å². The standard InChI is InChI=1S/C17H25FN2O/c1-12(10-13-6-8-15(18)9-7-13)20-17(21)16-5-3-2-4-14(16)11-19/h6-9,12,14,16H,2-5,10-11,19H2,1H3,(H,20,21). The number of carbonyl (C=O) groups is 1. The van der Waals surface area contributed by atoms with Crippen molar-refractivity contribution in [3.05, 3.63) is 35.6 Å². The van der Waals surface area contributed by atoms with Gasteiger partial charge in [-0.25, -0.2) is 4.39 Å². The van der Waals surface area contributed by atoms with Gasteiger partial charge in [-0.1, -0.05) is 25.0 Å². The van der Waals surface area contributed by atoms with Gasteiger partial charge in [0.1, 0.15) is 5.82 Å². The van der Waals surface area contributed by atoms with Crippen LogP contribution in [0.3, 0.4) is 0 Å². The summed E-state index contributed by atoms with van der Waals surface area (Å²) in [7, 11) is 0. The summed E-state index contributed by atoms with van der Waals surface area (Å²) in [6, 6.07) is 6.48. The summed E-state index contributed by atoms with van der Waals surface area (Å²) in [5.74, 6) is 0.263. The van der Waals surface area contributed by atoms with Crippen LogP contribution in [0.25, 0.3) is 0 Å². The number of hydrogen-bond donors (Lipinski definition) is 2. The van der Waals surface area contributed by atoms with E-state index in [1.165, 1.54) is 18.6 Å². The van der Waals surface area contributed by atoms with E-state index in [9.17, 15) is 9.18 Å². The fourth-order valence-electron chi connectivity index (χ4n) is 3.21. The number of nitrogens with two attached hydrogens (primary N) is 1. The molecule has 0 saturated heterocycles. The Balaban J connectivity index is 1.87. The first-order valence-corrected chi connectivity index (χ1v) is 7.85. The van der Waals surface area contributed by atoms with Crippen molar-refractivity contribution in [2.45, 2.75) is 45.1 Å². The number of benzene rings is 1. The minimum atomic E-state index is -0.233. The summed E-state index contributed by atoms with van der Waals surface area (Å²) in [4.78, 5) is 12.4. The SMILES string of the molecule is CC(Cc1ccc(F)cc1)NC(=O)C1CCCCC1CN. The van der Waals surface area contributed by atoms with Crippen molar-refractivity contribution in [3.63, 3.8) is 0 Å². The lowest BCUT2D eigenvalue weighted by atomic mass is 9.78. The van der Waals surface area contributed by atoms with Gasteiger partial charge in [0.2, 0.25) is 5.91 Å². The van der Waals surface area contributed by atoms with E-state index in [0.717, 1.165) is 24.8 Å². The highest BCUT2D eigenvalue weighted by molar-refractivity contribution is 5.79. The number of halogens is 1. The van der Waals surface area contributed by atoms with E-state index >= 15 is 0 Å². The van der Waals surface area contributed by atoms with Gasteiger partial charge in [0.05, 0.1) is 0 Å². The zero-order chi connectivity index (χ0) is 15.2. The number of amides is 1. The zero-order valence-electron chi connectivity index (χ0n) is 12.6. The molecular formula is C17H25FN2O. The van der Waals surface area contributed by atoms with Crippen LogP contribution in [-0.2, 0) is 11.2 Å². The average molecular weight is 292 g/mol. The second-order valence-electron chi connectivity index (χ2n) is 6.13. The molecule has 3 nitrogen and oxygen atoms in total. The van der Waals surface area contributed by atoms with E-state index in [2.05, 4.69) is 5.32 Å². The molecule has 21 heavy (non-hydrogen) atoms. The molecule has 0 aliphatic heterocycles. The molecule has 3 unspecified atom stereocenters. The third-order valence-corrected chi connectivity index (χ3v) is 4.39. The molecule has 1 aromatic carbocycles. The van der Waals surface area contributed by atoms with Gasteiger partial charge in [0.25, 0.3) is 0 Å². The van der Waals surface area contributed by atoms with Crippen molar-refractivity contribution < 1.29 is 9.18 Å². The number of nitrogens with one attached hydrogen (secondary N) is 1. The van der Waals surface area contributed by atoms with Gasteiger partial charge < -0.3 is 11.1 Å². The van der Waals surface area contributed by atoms with Crippen LogP contribution in [0.15, 0.2) is 24.3 Å². The predicted octanol–water partition coefficient (Wildman–Crippen LogP) is 2.64. The number of rotatable bonds is 5. The first-order chi connectivity index (χ1) is 10.1. The van der Waals surface area contributed by atoms with Crippen LogP contribution >= 0.6 is 0 Å². The van der Waals surface area contributed by atoms with E-state index in [1.54, 1.807) is 12.1 Å². The zero-order valence-corrected chi connectivity index (χ0v) is 12.6. The molecule has 0 spiro atoms. The lowest BCUT2D eigenvalue weighted by Crippen LogP contribution is -2.43. The number of carbonyl (C=O) groups excluding carboxylic acids is 1. The summed E-state index contributed by atoms with van der Waals surface area (Å²) in [6.45, 7) is 2.58. The third-order valence-electron chi connectivity index (χ3n) is 4.39. The van der Waals surface area contributed by atoms with Gasteiger partial charge in [-0.15, -0.1) is 0 Å². The minimum absolute atomic E-state index is 0.0447. The monoisotopic (exact) mass is 292 g/mol. The Bertz CT molecular complexity index is 460. The van der Waals surface area contributed by atoms with Crippen LogP contribution in [0.2, 0.25) is 0 Å².